The van der Waals surface area contributed by atoms with E-state index in [0.717, 1.165) is 0 Å². The van der Waals surface area contributed by atoms with E-state index in [4.69, 9.17) is 21.2 Å². The highest BCUT2D eigenvalue weighted by Gasteiger charge is 2.03. The molecule has 0 radical (unpaired) electrons. The van der Waals surface area contributed by atoms with Crippen LogP contribution in [0.15, 0.2) is 24.3 Å². The second kappa shape index (κ2) is 7.14. The first-order valence-corrected chi connectivity index (χ1v) is 5.74. The zero-order chi connectivity index (χ0) is 12.7. The van der Waals surface area contributed by atoms with Gasteiger partial charge in [0.1, 0.15) is 5.75 Å². The van der Waals surface area contributed by atoms with E-state index in [1.54, 1.807) is 24.3 Å². The summed E-state index contributed by atoms with van der Waals surface area (Å²) >= 11 is 5.72. The molecule has 17 heavy (non-hydrogen) atoms. The van der Waals surface area contributed by atoms with Gasteiger partial charge >= 0.3 is 0 Å². The molecule has 5 heteroatoms. The highest BCUT2D eigenvalue weighted by molar-refractivity contribution is 6.30. The highest BCUT2D eigenvalue weighted by Crippen LogP contribution is 2.15. The molecule has 0 unspecified atom stereocenters. The first-order chi connectivity index (χ1) is 8.08. The third-order valence-corrected chi connectivity index (χ3v) is 2.04. The summed E-state index contributed by atoms with van der Waals surface area (Å²) < 4.78 is 5.23. The van der Waals surface area contributed by atoms with Gasteiger partial charge in [-0.25, -0.2) is 5.48 Å². The van der Waals surface area contributed by atoms with Crippen molar-refractivity contribution in [3.8, 4) is 5.75 Å². The summed E-state index contributed by atoms with van der Waals surface area (Å²) in [7, 11) is 0. The lowest BCUT2D eigenvalue weighted by molar-refractivity contribution is -0.136. The van der Waals surface area contributed by atoms with E-state index in [9.17, 15) is 4.79 Å². The van der Waals surface area contributed by atoms with Gasteiger partial charge in [0.2, 0.25) is 0 Å². The van der Waals surface area contributed by atoms with Crippen LogP contribution in [0.1, 0.15) is 13.8 Å². The minimum absolute atomic E-state index is 0.0836. The zero-order valence-electron chi connectivity index (χ0n) is 9.90. The molecule has 0 aliphatic heterocycles. The number of hydrogen-bond donors (Lipinski definition) is 1. The van der Waals surface area contributed by atoms with Gasteiger partial charge in [-0.2, -0.15) is 0 Å². The van der Waals surface area contributed by atoms with E-state index in [1.165, 1.54) is 0 Å². The van der Waals surface area contributed by atoms with Gasteiger partial charge in [-0.1, -0.05) is 25.4 Å². The number of ether oxygens (including phenoxy) is 1. The van der Waals surface area contributed by atoms with Crippen molar-refractivity contribution in [2.45, 2.75) is 13.8 Å². The molecule has 4 nitrogen and oxygen atoms in total. The van der Waals surface area contributed by atoms with Gasteiger partial charge in [-0.05, 0) is 30.2 Å². The lowest BCUT2D eigenvalue weighted by Crippen LogP contribution is -2.30. The first-order valence-electron chi connectivity index (χ1n) is 5.37. The smallest absolute Gasteiger partial charge is 0.281 e. The number of carbonyl (C=O) groups is 1. The van der Waals surface area contributed by atoms with Crippen LogP contribution in [0.4, 0.5) is 0 Å². The van der Waals surface area contributed by atoms with Crippen LogP contribution in [0.25, 0.3) is 0 Å². The molecule has 0 bridgehead atoms. The molecule has 0 aliphatic rings. The zero-order valence-corrected chi connectivity index (χ0v) is 10.7. The van der Waals surface area contributed by atoms with Crippen LogP contribution in [0.5, 0.6) is 5.75 Å². The quantitative estimate of drug-likeness (QED) is 0.797. The average Bonchev–Trinajstić information content (AvgIpc) is 2.28. The fourth-order valence-electron chi connectivity index (χ4n) is 0.998. The van der Waals surface area contributed by atoms with Crippen molar-refractivity contribution in [3.63, 3.8) is 0 Å². The Kier molecular flexibility index (Phi) is 5.80. The second-order valence-electron chi connectivity index (χ2n) is 3.97. The maximum atomic E-state index is 11.3. The Hall–Kier alpha value is -1.26. The van der Waals surface area contributed by atoms with Crippen molar-refractivity contribution in [2.75, 3.05) is 13.2 Å². The van der Waals surface area contributed by atoms with Crippen LogP contribution in [0, 0.1) is 5.92 Å². The van der Waals surface area contributed by atoms with Crippen LogP contribution in [-0.2, 0) is 9.63 Å². The van der Waals surface area contributed by atoms with E-state index in [1.807, 2.05) is 13.8 Å². The molecule has 0 heterocycles. The number of halogens is 1. The van der Waals surface area contributed by atoms with Gasteiger partial charge in [0, 0.05) is 5.02 Å². The van der Waals surface area contributed by atoms with Crippen molar-refractivity contribution < 1.29 is 14.4 Å². The van der Waals surface area contributed by atoms with E-state index < -0.39 is 0 Å². The Balaban J connectivity index is 2.21. The Morgan fingerprint density at radius 1 is 1.35 bits per heavy atom. The second-order valence-corrected chi connectivity index (χ2v) is 4.41. The molecule has 1 N–H and O–H groups in total. The number of rotatable bonds is 6. The molecule has 0 atom stereocenters. The molecule has 0 fully saturated rings. The van der Waals surface area contributed by atoms with Crippen LogP contribution in [0.2, 0.25) is 5.02 Å². The van der Waals surface area contributed by atoms with Gasteiger partial charge in [0.25, 0.3) is 5.91 Å². The maximum Gasteiger partial charge on any atom is 0.281 e. The maximum absolute atomic E-state index is 11.3. The fourth-order valence-corrected chi connectivity index (χ4v) is 1.12. The van der Waals surface area contributed by atoms with Gasteiger partial charge in [0.15, 0.2) is 6.61 Å². The lowest BCUT2D eigenvalue weighted by Gasteiger charge is -2.09. The number of hydroxylamine groups is 1. The molecular weight excluding hydrogens is 242 g/mol. The summed E-state index contributed by atoms with van der Waals surface area (Å²) in [5.74, 6) is 0.640. The van der Waals surface area contributed by atoms with Gasteiger partial charge in [0.05, 0.1) is 6.61 Å². The number of benzene rings is 1. The van der Waals surface area contributed by atoms with Gasteiger partial charge in [-0.3, -0.25) is 9.63 Å². The van der Waals surface area contributed by atoms with Crippen molar-refractivity contribution in [1.29, 1.82) is 0 Å². The summed E-state index contributed by atoms with van der Waals surface area (Å²) in [6.45, 7) is 4.39. The third-order valence-electron chi connectivity index (χ3n) is 1.79. The predicted molar refractivity (Wildman–Crippen MR) is 65.9 cm³/mol. The van der Waals surface area contributed by atoms with Crippen molar-refractivity contribution in [1.82, 2.24) is 5.48 Å². The van der Waals surface area contributed by atoms with E-state index >= 15 is 0 Å². The third kappa shape index (κ3) is 6.14. The Morgan fingerprint density at radius 3 is 2.59 bits per heavy atom. The van der Waals surface area contributed by atoms with Crippen molar-refractivity contribution >= 4 is 17.5 Å². The molecule has 0 saturated heterocycles. The Bertz CT molecular complexity index is 351. The molecule has 0 aliphatic carbocycles. The van der Waals surface area contributed by atoms with Crippen LogP contribution >= 0.6 is 11.6 Å². The predicted octanol–water partition coefficient (Wildman–Crippen LogP) is 2.42. The number of amides is 1. The molecule has 1 aromatic carbocycles. The SMILES string of the molecule is CC(C)CONC(=O)COc1ccc(Cl)cc1. The number of carbonyl (C=O) groups excluding carboxylic acids is 1. The van der Waals surface area contributed by atoms with Crippen molar-refractivity contribution in [3.05, 3.63) is 29.3 Å². The largest absolute Gasteiger partial charge is 0.484 e. The van der Waals surface area contributed by atoms with Crippen molar-refractivity contribution in [2.24, 2.45) is 5.92 Å². The lowest BCUT2D eigenvalue weighted by atomic mass is 10.2. The minimum Gasteiger partial charge on any atom is -0.484 e. The monoisotopic (exact) mass is 257 g/mol. The van der Waals surface area contributed by atoms with Crippen LogP contribution in [0.3, 0.4) is 0 Å². The Labute approximate surface area is 106 Å². The van der Waals surface area contributed by atoms with Crippen LogP contribution in [-0.4, -0.2) is 19.1 Å². The van der Waals surface area contributed by atoms with Gasteiger partial charge < -0.3 is 4.74 Å². The number of hydrogen-bond acceptors (Lipinski definition) is 3. The fraction of sp³-hybridized carbons (Fsp3) is 0.417. The molecule has 0 spiro atoms. The highest BCUT2D eigenvalue weighted by atomic mass is 35.5. The summed E-state index contributed by atoms with van der Waals surface area (Å²) in [5, 5.41) is 0.627. The first kappa shape index (κ1) is 13.8. The number of nitrogens with one attached hydrogen (secondary N) is 1. The molecule has 0 saturated carbocycles. The Morgan fingerprint density at radius 2 is 2.00 bits per heavy atom. The van der Waals surface area contributed by atoms with E-state index in [-0.39, 0.29) is 12.5 Å². The molecule has 1 amide bonds. The summed E-state index contributed by atoms with van der Waals surface area (Å²) in [5.41, 5.74) is 2.31. The van der Waals surface area contributed by atoms with Crippen LogP contribution < -0.4 is 10.2 Å². The normalized spacial score (nSPS) is 10.4. The summed E-state index contributed by atoms with van der Waals surface area (Å²) in [4.78, 5) is 16.2. The topological polar surface area (TPSA) is 47.6 Å². The average molecular weight is 258 g/mol. The van der Waals surface area contributed by atoms with E-state index in [0.29, 0.717) is 23.3 Å². The molecule has 1 rings (SSSR count). The molecule has 94 valence electrons. The molecular formula is C12H16ClNO3. The summed E-state index contributed by atoms with van der Waals surface area (Å²) in [6.07, 6.45) is 0. The van der Waals surface area contributed by atoms with E-state index in [2.05, 4.69) is 5.48 Å². The standard InChI is InChI=1S/C12H16ClNO3/c1-9(2)7-17-14-12(15)8-16-11-5-3-10(13)4-6-11/h3-6,9H,7-8H2,1-2H3,(H,14,15). The molecule has 1 aromatic rings. The minimum atomic E-state index is -0.319. The molecule has 0 aromatic heterocycles. The van der Waals surface area contributed by atoms with Gasteiger partial charge in [-0.15, -0.1) is 0 Å². The summed E-state index contributed by atoms with van der Waals surface area (Å²) in [6, 6.07) is 6.79.